The number of benzene rings is 2. The third kappa shape index (κ3) is 4.35. The van der Waals surface area contributed by atoms with Crippen LogP contribution in [0.5, 0.6) is 0 Å². The zero-order valence-corrected chi connectivity index (χ0v) is 16.6. The number of nitrogens with zero attached hydrogens (tertiary/aromatic N) is 2. The van der Waals surface area contributed by atoms with Crippen molar-refractivity contribution in [3.8, 4) is 0 Å². The van der Waals surface area contributed by atoms with Crippen LogP contribution < -0.4 is 5.32 Å². The van der Waals surface area contributed by atoms with Crippen LogP contribution in [0.25, 0.3) is 0 Å². The Labute approximate surface area is 161 Å². The Morgan fingerprint density at radius 3 is 2.50 bits per heavy atom. The van der Waals surface area contributed by atoms with Gasteiger partial charge < -0.3 is 5.32 Å². The Bertz CT molecular complexity index is 881. The highest BCUT2D eigenvalue weighted by molar-refractivity contribution is 6.30. The standard InChI is InChI=1S/C22H26ClN3/c1-15-8-10-19(11-9-15)14-26-18(4)22(17(3)25-26)13-24-16(2)20-6-5-7-21(23)12-20/h5-12,16,24H,13-14H2,1-4H3. The number of nitrogens with one attached hydrogen (secondary N) is 1. The molecule has 0 amide bonds. The molecule has 0 aliphatic heterocycles. The van der Waals surface area contributed by atoms with E-state index >= 15 is 0 Å². The Morgan fingerprint density at radius 1 is 1.08 bits per heavy atom. The zero-order chi connectivity index (χ0) is 18.7. The van der Waals surface area contributed by atoms with Crippen LogP contribution in [0.2, 0.25) is 5.02 Å². The quantitative estimate of drug-likeness (QED) is 0.635. The number of hydrogen-bond donors (Lipinski definition) is 1. The van der Waals surface area contributed by atoms with Crippen LogP contribution in [-0.2, 0) is 13.1 Å². The highest BCUT2D eigenvalue weighted by Crippen LogP contribution is 2.20. The predicted molar refractivity (Wildman–Crippen MR) is 109 cm³/mol. The summed E-state index contributed by atoms with van der Waals surface area (Å²) in [6.07, 6.45) is 0. The van der Waals surface area contributed by atoms with Crippen molar-refractivity contribution in [1.82, 2.24) is 15.1 Å². The fourth-order valence-corrected chi connectivity index (χ4v) is 3.36. The molecule has 3 rings (SSSR count). The lowest BCUT2D eigenvalue weighted by molar-refractivity contribution is 0.571. The lowest BCUT2D eigenvalue weighted by Gasteiger charge is -2.15. The van der Waals surface area contributed by atoms with Crippen LogP contribution in [0.15, 0.2) is 48.5 Å². The molecule has 1 unspecified atom stereocenters. The Kier molecular flexibility index (Phi) is 5.80. The van der Waals surface area contributed by atoms with Crippen LogP contribution in [0.4, 0.5) is 0 Å². The van der Waals surface area contributed by atoms with E-state index < -0.39 is 0 Å². The van der Waals surface area contributed by atoms with Gasteiger partial charge in [-0.1, -0.05) is 53.6 Å². The first-order valence-electron chi connectivity index (χ1n) is 9.01. The largest absolute Gasteiger partial charge is 0.306 e. The molecule has 0 saturated carbocycles. The first-order chi connectivity index (χ1) is 12.4. The van der Waals surface area contributed by atoms with Gasteiger partial charge in [0.25, 0.3) is 0 Å². The van der Waals surface area contributed by atoms with Gasteiger partial charge in [-0.05, 0) is 51.0 Å². The highest BCUT2D eigenvalue weighted by Gasteiger charge is 2.13. The highest BCUT2D eigenvalue weighted by atomic mass is 35.5. The van der Waals surface area contributed by atoms with Crippen LogP contribution in [0, 0.1) is 20.8 Å². The van der Waals surface area contributed by atoms with E-state index in [0.29, 0.717) is 0 Å². The van der Waals surface area contributed by atoms with Gasteiger partial charge in [0.05, 0.1) is 12.2 Å². The van der Waals surface area contributed by atoms with Crippen LogP contribution in [-0.4, -0.2) is 9.78 Å². The smallest absolute Gasteiger partial charge is 0.0662 e. The molecule has 0 aliphatic carbocycles. The van der Waals surface area contributed by atoms with Gasteiger partial charge >= 0.3 is 0 Å². The van der Waals surface area contributed by atoms with Gasteiger partial charge in [0.2, 0.25) is 0 Å². The van der Waals surface area contributed by atoms with Crippen molar-refractivity contribution < 1.29 is 0 Å². The van der Waals surface area contributed by atoms with Crippen molar-refractivity contribution in [2.45, 2.75) is 46.8 Å². The minimum absolute atomic E-state index is 0.230. The van der Waals surface area contributed by atoms with E-state index in [0.717, 1.165) is 23.8 Å². The number of aromatic nitrogens is 2. The summed E-state index contributed by atoms with van der Waals surface area (Å²) in [5, 5.41) is 9.12. The summed E-state index contributed by atoms with van der Waals surface area (Å²) < 4.78 is 2.10. The maximum Gasteiger partial charge on any atom is 0.0662 e. The Hall–Kier alpha value is -2.10. The normalized spacial score (nSPS) is 12.3. The van der Waals surface area contributed by atoms with Crippen molar-refractivity contribution in [2.24, 2.45) is 0 Å². The molecule has 0 radical (unpaired) electrons. The molecule has 136 valence electrons. The molecule has 0 bridgehead atoms. The van der Waals surface area contributed by atoms with Crippen LogP contribution in [0.3, 0.4) is 0 Å². The summed E-state index contributed by atoms with van der Waals surface area (Å²) in [4.78, 5) is 0. The zero-order valence-electron chi connectivity index (χ0n) is 15.9. The van der Waals surface area contributed by atoms with E-state index in [1.54, 1.807) is 0 Å². The van der Waals surface area contributed by atoms with Gasteiger partial charge in [-0.2, -0.15) is 5.10 Å². The molecule has 3 nitrogen and oxygen atoms in total. The second-order valence-corrected chi connectivity index (χ2v) is 7.39. The van der Waals surface area contributed by atoms with Gasteiger partial charge in [0.1, 0.15) is 0 Å². The lowest BCUT2D eigenvalue weighted by atomic mass is 10.1. The van der Waals surface area contributed by atoms with Crippen LogP contribution in [0.1, 0.15) is 46.6 Å². The molecular formula is C22H26ClN3. The maximum absolute atomic E-state index is 6.11. The van der Waals surface area contributed by atoms with Gasteiger partial charge in [-0.15, -0.1) is 0 Å². The fourth-order valence-electron chi connectivity index (χ4n) is 3.16. The molecule has 1 heterocycles. The Balaban J connectivity index is 1.70. The average molecular weight is 368 g/mol. The van der Waals surface area contributed by atoms with Crippen molar-refractivity contribution in [3.05, 3.63) is 87.2 Å². The summed E-state index contributed by atoms with van der Waals surface area (Å²) in [5.41, 5.74) is 7.31. The molecular weight excluding hydrogens is 342 g/mol. The van der Waals surface area contributed by atoms with Gasteiger partial charge in [0.15, 0.2) is 0 Å². The van der Waals surface area contributed by atoms with E-state index in [1.165, 1.54) is 27.9 Å². The Morgan fingerprint density at radius 2 is 1.81 bits per heavy atom. The number of hydrogen-bond acceptors (Lipinski definition) is 2. The fraction of sp³-hybridized carbons (Fsp3) is 0.318. The molecule has 0 aliphatic rings. The van der Waals surface area contributed by atoms with Crippen molar-refractivity contribution in [3.63, 3.8) is 0 Å². The van der Waals surface area contributed by atoms with Gasteiger partial charge in [0, 0.05) is 28.9 Å². The van der Waals surface area contributed by atoms with Crippen molar-refractivity contribution >= 4 is 11.6 Å². The van der Waals surface area contributed by atoms with Crippen LogP contribution >= 0.6 is 11.6 Å². The van der Waals surface area contributed by atoms with Crippen molar-refractivity contribution in [2.75, 3.05) is 0 Å². The third-order valence-corrected chi connectivity index (χ3v) is 5.15. The second kappa shape index (κ2) is 8.07. The minimum atomic E-state index is 0.230. The summed E-state index contributed by atoms with van der Waals surface area (Å²) in [5.74, 6) is 0. The summed E-state index contributed by atoms with van der Waals surface area (Å²) >= 11 is 6.11. The lowest BCUT2D eigenvalue weighted by Crippen LogP contribution is -2.19. The van der Waals surface area contributed by atoms with E-state index in [-0.39, 0.29) is 6.04 Å². The molecule has 0 saturated heterocycles. The third-order valence-electron chi connectivity index (χ3n) is 4.92. The van der Waals surface area contributed by atoms with Crippen molar-refractivity contribution in [1.29, 1.82) is 0 Å². The minimum Gasteiger partial charge on any atom is -0.306 e. The molecule has 1 atom stereocenters. The van der Waals surface area contributed by atoms with Gasteiger partial charge in [-0.3, -0.25) is 4.68 Å². The molecule has 4 heteroatoms. The monoisotopic (exact) mass is 367 g/mol. The summed E-state index contributed by atoms with van der Waals surface area (Å²) in [6, 6.07) is 16.9. The first-order valence-corrected chi connectivity index (χ1v) is 9.39. The first kappa shape index (κ1) is 18.7. The number of rotatable bonds is 6. The predicted octanol–water partition coefficient (Wildman–Crippen LogP) is 5.36. The molecule has 0 fully saturated rings. The summed E-state index contributed by atoms with van der Waals surface area (Å²) in [7, 11) is 0. The molecule has 2 aromatic carbocycles. The average Bonchev–Trinajstić information content (AvgIpc) is 2.88. The van der Waals surface area contributed by atoms with E-state index in [2.05, 4.69) is 68.0 Å². The topological polar surface area (TPSA) is 29.9 Å². The second-order valence-electron chi connectivity index (χ2n) is 6.95. The SMILES string of the molecule is Cc1ccc(Cn2nc(C)c(CNC(C)c3cccc(Cl)c3)c2C)cc1. The van der Waals surface area contributed by atoms with E-state index in [9.17, 15) is 0 Å². The molecule has 3 aromatic rings. The van der Waals surface area contributed by atoms with E-state index in [4.69, 9.17) is 16.7 Å². The maximum atomic E-state index is 6.11. The molecule has 1 aromatic heterocycles. The van der Waals surface area contributed by atoms with Gasteiger partial charge in [-0.25, -0.2) is 0 Å². The molecule has 26 heavy (non-hydrogen) atoms. The molecule has 0 spiro atoms. The summed E-state index contributed by atoms with van der Waals surface area (Å²) in [6.45, 7) is 10.1. The number of aryl methyl sites for hydroxylation is 2. The molecule has 1 N–H and O–H groups in total. The van der Waals surface area contributed by atoms with E-state index in [1.807, 2.05) is 18.2 Å². The number of halogens is 1.